The Morgan fingerprint density at radius 1 is 1.23 bits per heavy atom. The number of aliphatic hydroxyl groups excluding tert-OH is 1. The first-order valence-corrected chi connectivity index (χ1v) is 8.38. The Morgan fingerprint density at radius 2 is 1.86 bits per heavy atom. The third-order valence-corrected chi connectivity index (χ3v) is 5.13. The highest BCUT2D eigenvalue weighted by Gasteiger charge is 2.32. The van der Waals surface area contributed by atoms with Crippen LogP contribution in [0.25, 0.3) is 0 Å². The summed E-state index contributed by atoms with van der Waals surface area (Å²) in [6.45, 7) is 2.60. The lowest BCUT2D eigenvalue weighted by molar-refractivity contribution is 0.0504. The molecule has 4 nitrogen and oxygen atoms in total. The van der Waals surface area contributed by atoms with Crippen molar-refractivity contribution in [2.24, 2.45) is 11.8 Å². The second kappa shape index (κ2) is 6.69. The Hall–Kier alpha value is -1.55. The number of carbonyl (C=O) groups is 1. The lowest BCUT2D eigenvalue weighted by atomic mass is 9.78. The topological polar surface area (TPSA) is 43.8 Å². The van der Waals surface area contributed by atoms with Crippen LogP contribution in [-0.4, -0.2) is 49.2 Å². The number of piperidine rings is 1. The molecule has 120 valence electrons. The molecular weight excluding hydrogens is 276 g/mol. The standard InChI is InChI=1S/C18H26N2O2/c1-19(9-10-21)17-7-5-16(6-8-17)18(22)20-12-14-3-2-4-15(11-14)13-20/h5-8,14-15,21H,2-4,9-13H2,1H3. The summed E-state index contributed by atoms with van der Waals surface area (Å²) < 4.78 is 0. The Bertz CT molecular complexity index is 502. The second-order valence-corrected chi connectivity index (χ2v) is 6.80. The highest BCUT2D eigenvalue weighted by atomic mass is 16.3. The number of aliphatic hydroxyl groups is 1. The van der Waals surface area contributed by atoms with Crippen molar-refractivity contribution in [2.45, 2.75) is 25.7 Å². The molecule has 0 aromatic heterocycles. The Morgan fingerprint density at radius 3 is 2.45 bits per heavy atom. The van der Waals surface area contributed by atoms with Crippen LogP contribution in [0.1, 0.15) is 36.0 Å². The molecule has 2 unspecified atom stereocenters. The van der Waals surface area contributed by atoms with Crippen LogP contribution < -0.4 is 4.90 Å². The minimum atomic E-state index is 0.133. The highest BCUT2D eigenvalue weighted by molar-refractivity contribution is 5.94. The fraction of sp³-hybridized carbons (Fsp3) is 0.611. The van der Waals surface area contributed by atoms with Crippen LogP contribution in [0.2, 0.25) is 0 Å². The summed E-state index contributed by atoms with van der Waals surface area (Å²) in [4.78, 5) is 16.8. The molecule has 1 saturated heterocycles. The largest absolute Gasteiger partial charge is 0.395 e. The van der Waals surface area contributed by atoms with Gasteiger partial charge in [-0.15, -0.1) is 0 Å². The fourth-order valence-electron chi connectivity index (χ4n) is 3.92. The van der Waals surface area contributed by atoms with Crippen LogP contribution in [-0.2, 0) is 0 Å². The van der Waals surface area contributed by atoms with E-state index in [1.807, 2.05) is 36.2 Å². The molecule has 1 amide bonds. The van der Waals surface area contributed by atoms with Gasteiger partial charge in [0.05, 0.1) is 6.61 Å². The zero-order valence-electron chi connectivity index (χ0n) is 13.4. The van der Waals surface area contributed by atoms with Crippen molar-refractivity contribution in [2.75, 3.05) is 38.2 Å². The van der Waals surface area contributed by atoms with E-state index in [9.17, 15) is 4.79 Å². The minimum absolute atomic E-state index is 0.133. The summed E-state index contributed by atoms with van der Waals surface area (Å²) in [5.74, 6) is 1.60. The molecule has 1 aromatic rings. The SMILES string of the molecule is CN(CCO)c1ccc(C(=O)N2CC3CCCC(C3)C2)cc1. The Labute approximate surface area is 132 Å². The van der Waals surface area contributed by atoms with Crippen molar-refractivity contribution in [3.8, 4) is 0 Å². The van der Waals surface area contributed by atoms with Gasteiger partial charge in [0.2, 0.25) is 0 Å². The zero-order chi connectivity index (χ0) is 15.5. The highest BCUT2D eigenvalue weighted by Crippen LogP contribution is 2.34. The summed E-state index contributed by atoms with van der Waals surface area (Å²) in [6.07, 6.45) is 5.22. The first-order chi connectivity index (χ1) is 10.7. The van der Waals surface area contributed by atoms with Gasteiger partial charge >= 0.3 is 0 Å². The number of benzene rings is 1. The average Bonchev–Trinajstić information content (AvgIpc) is 2.54. The van der Waals surface area contributed by atoms with E-state index in [1.165, 1.54) is 25.7 Å². The van der Waals surface area contributed by atoms with Gasteiger partial charge in [-0.2, -0.15) is 0 Å². The lowest BCUT2D eigenvalue weighted by Crippen LogP contribution is -2.45. The molecule has 2 bridgehead atoms. The van der Waals surface area contributed by atoms with Crippen molar-refractivity contribution in [3.05, 3.63) is 29.8 Å². The molecule has 3 rings (SSSR count). The smallest absolute Gasteiger partial charge is 0.253 e. The van der Waals surface area contributed by atoms with E-state index < -0.39 is 0 Å². The monoisotopic (exact) mass is 302 g/mol. The average molecular weight is 302 g/mol. The van der Waals surface area contributed by atoms with E-state index in [1.54, 1.807) is 0 Å². The quantitative estimate of drug-likeness (QED) is 0.928. The molecule has 0 radical (unpaired) electrons. The van der Waals surface area contributed by atoms with Crippen LogP contribution in [0.4, 0.5) is 5.69 Å². The molecule has 2 fully saturated rings. The summed E-state index contributed by atoms with van der Waals surface area (Å²) in [7, 11) is 1.94. The van der Waals surface area contributed by atoms with Crippen molar-refractivity contribution < 1.29 is 9.90 Å². The number of rotatable bonds is 4. The van der Waals surface area contributed by atoms with Crippen molar-refractivity contribution in [1.82, 2.24) is 4.90 Å². The molecule has 2 atom stereocenters. The fourth-order valence-corrected chi connectivity index (χ4v) is 3.92. The Balaban J connectivity index is 1.67. The number of likely N-dealkylation sites (N-methyl/N-ethyl adjacent to an activating group) is 1. The predicted octanol–water partition coefficient (Wildman–Crippen LogP) is 2.38. The van der Waals surface area contributed by atoms with Gasteiger partial charge in [-0.1, -0.05) is 6.42 Å². The van der Waals surface area contributed by atoms with E-state index in [0.717, 1.165) is 24.3 Å². The number of carbonyl (C=O) groups excluding carboxylic acids is 1. The molecule has 22 heavy (non-hydrogen) atoms. The van der Waals surface area contributed by atoms with Crippen molar-refractivity contribution >= 4 is 11.6 Å². The maximum absolute atomic E-state index is 12.7. The van der Waals surface area contributed by atoms with Crippen LogP contribution in [0.3, 0.4) is 0 Å². The van der Waals surface area contributed by atoms with E-state index in [2.05, 4.69) is 4.90 Å². The number of nitrogens with zero attached hydrogens (tertiary/aromatic N) is 2. The number of amides is 1. The summed E-state index contributed by atoms with van der Waals surface area (Å²) in [5, 5.41) is 8.99. The van der Waals surface area contributed by atoms with Crippen LogP contribution in [0, 0.1) is 11.8 Å². The van der Waals surface area contributed by atoms with Gasteiger partial charge in [-0.25, -0.2) is 0 Å². The third kappa shape index (κ3) is 3.27. The van der Waals surface area contributed by atoms with E-state index in [0.29, 0.717) is 18.4 Å². The van der Waals surface area contributed by atoms with Gasteiger partial charge < -0.3 is 14.9 Å². The number of likely N-dealkylation sites (tertiary alicyclic amines) is 1. The second-order valence-electron chi connectivity index (χ2n) is 6.80. The maximum Gasteiger partial charge on any atom is 0.253 e. The number of hydrogen-bond donors (Lipinski definition) is 1. The number of fused-ring (bicyclic) bond motifs is 2. The summed E-state index contributed by atoms with van der Waals surface area (Å²) in [5.41, 5.74) is 1.81. The Kier molecular flexibility index (Phi) is 4.67. The molecule has 4 heteroatoms. The normalized spacial score (nSPS) is 24.2. The molecule has 1 heterocycles. The number of anilines is 1. The van der Waals surface area contributed by atoms with E-state index in [-0.39, 0.29) is 12.5 Å². The van der Waals surface area contributed by atoms with Crippen LogP contribution in [0.5, 0.6) is 0 Å². The summed E-state index contributed by atoms with van der Waals surface area (Å²) in [6, 6.07) is 7.76. The molecule has 1 N–H and O–H groups in total. The molecule has 1 aromatic carbocycles. The minimum Gasteiger partial charge on any atom is -0.395 e. The van der Waals surface area contributed by atoms with Crippen LogP contribution in [0.15, 0.2) is 24.3 Å². The first kappa shape index (κ1) is 15.3. The van der Waals surface area contributed by atoms with Gasteiger partial charge in [0.25, 0.3) is 5.91 Å². The van der Waals surface area contributed by atoms with E-state index in [4.69, 9.17) is 5.11 Å². The van der Waals surface area contributed by atoms with Crippen molar-refractivity contribution in [3.63, 3.8) is 0 Å². The van der Waals surface area contributed by atoms with Gasteiger partial charge in [-0.3, -0.25) is 4.79 Å². The lowest BCUT2D eigenvalue weighted by Gasteiger charge is -2.41. The molecule has 1 saturated carbocycles. The first-order valence-electron chi connectivity index (χ1n) is 8.38. The van der Waals surface area contributed by atoms with E-state index >= 15 is 0 Å². The zero-order valence-corrected chi connectivity index (χ0v) is 13.4. The van der Waals surface area contributed by atoms with Gasteiger partial charge in [0, 0.05) is 37.9 Å². The molecule has 1 aliphatic heterocycles. The van der Waals surface area contributed by atoms with Crippen LogP contribution >= 0.6 is 0 Å². The van der Waals surface area contributed by atoms with Gasteiger partial charge in [0.15, 0.2) is 0 Å². The molecule has 0 spiro atoms. The molecule has 1 aliphatic carbocycles. The van der Waals surface area contributed by atoms with Gasteiger partial charge in [0.1, 0.15) is 0 Å². The molecular formula is C18H26N2O2. The van der Waals surface area contributed by atoms with Gasteiger partial charge in [-0.05, 0) is 55.4 Å². The number of hydrogen-bond acceptors (Lipinski definition) is 3. The maximum atomic E-state index is 12.7. The van der Waals surface area contributed by atoms with Crippen molar-refractivity contribution in [1.29, 1.82) is 0 Å². The summed E-state index contributed by atoms with van der Waals surface area (Å²) >= 11 is 0. The predicted molar refractivity (Wildman–Crippen MR) is 88.1 cm³/mol. The molecule has 2 aliphatic rings. The third-order valence-electron chi connectivity index (χ3n) is 5.13.